The van der Waals surface area contributed by atoms with Gasteiger partial charge in [-0.1, -0.05) is 36.4 Å². The number of fused-ring (bicyclic) bond motifs is 1. The van der Waals surface area contributed by atoms with Crippen molar-refractivity contribution in [2.24, 2.45) is 22.2 Å². The Morgan fingerprint density at radius 3 is 2.53 bits per heavy atom. The van der Waals surface area contributed by atoms with Crippen molar-refractivity contribution in [3.8, 4) is 22.9 Å². The summed E-state index contributed by atoms with van der Waals surface area (Å²) in [6, 6.07) is 19.9. The molecule has 3 heterocycles. The Kier molecular flexibility index (Phi) is 8.75. The number of H-pyrrole nitrogens is 1. The van der Waals surface area contributed by atoms with Gasteiger partial charge in [0.05, 0.1) is 17.2 Å². The molecule has 0 radical (unpaired) electrons. The predicted molar refractivity (Wildman–Crippen MR) is 166 cm³/mol. The fourth-order valence-corrected chi connectivity index (χ4v) is 4.96. The minimum Gasteiger partial charge on any atom is -0.370 e. The molecular formula is C31H34N10O2. The first kappa shape index (κ1) is 29.0. The van der Waals surface area contributed by atoms with Crippen molar-refractivity contribution in [2.45, 2.75) is 25.3 Å². The zero-order chi connectivity index (χ0) is 30.3. The van der Waals surface area contributed by atoms with Gasteiger partial charge in [-0.25, -0.2) is 9.97 Å². The zero-order valence-corrected chi connectivity index (χ0v) is 23.9. The molecule has 0 bridgehead atoms. The van der Waals surface area contributed by atoms with Gasteiger partial charge in [-0.15, -0.1) is 0 Å². The van der Waals surface area contributed by atoms with Crippen LogP contribution in [0.3, 0.4) is 0 Å². The number of hydrogen-bond acceptors (Lipinski definition) is 6. The molecule has 220 valence electrons. The number of primary amides is 1. The third kappa shape index (κ3) is 6.70. The van der Waals surface area contributed by atoms with E-state index in [9.17, 15) is 9.59 Å². The van der Waals surface area contributed by atoms with Crippen LogP contribution in [0.15, 0.2) is 84.1 Å². The molecule has 0 saturated carbocycles. The molecule has 0 aliphatic carbocycles. The molecule has 12 heteroatoms. The van der Waals surface area contributed by atoms with E-state index in [0.717, 1.165) is 11.3 Å². The van der Waals surface area contributed by atoms with E-state index in [1.54, 1.807) is 47.1 Å². The zero-order valence-electron chi connectivity index (χ0n) is 23.9. The molecule has 2 aromatic carbocycles. The Balaban J connectivity index is 1.51. The van der Waals surface area contributed by atoms with Gasteiger partial charge < -0.3 is 31.7 Å². The Hall–Kier alpha value is -5.52. The van der Waals surface area contributed by atoms with Gasteiger partial charge in [0, 0.05) is 49.6 Å². The SMILES string of the molecule is CN(CCc1ccccn1)C(=O)c1ccc2c(c1)nc(-c1cnc(-c3ccccc3)[nH]1)n2C(CCCN=C(N)N)C(N)=O. The maximum atomic E-state index is 13.4. The standard InChI is InChI=1S/C31H34N10O2/c1-40(17-14-22-10-5-6-15-35-22)30(43)21-12-13-25-23(18-21)39-29(24-19-37-28(38-24)20-8-3-2-4-9-20)41(25)26(27(32)42)11-7-16-36-31(33)34/h2-6,8-10,12-13,15,18-19,26H,7,11,14,16-17H2,1H3,(H2,32,42)(H,37,38)(H4,33,34,36). The summed E-state index contributed by atoms with van der Waals surface area (Å²) in [5, 5.41) is 0. The Labute approximate surface area is 248 Å². The van der Waals surface area contributed by atoms with Gasteiger partial charge in [0.25, 0.3) is 5.91 Å². The topological polar surface area (TPSA) is 187 Å². The fraction of sp³-hybridized carbons (Fsp3) is 0.226. The second-order valence-electron chi connectivity index (χ2n) is 10.2. The number of rotatable bonds is 12. The lowest BCUT2D eigenvalue weighted by atomic mass is 10.1. The molecule has 12 nitrogen and oxygen atoms in total. The number of imidazole rings is 2. The molecule has 0 aliphatic rings. The number of nitrogens with one attached hydrogen (secondary N) is 1. The summed E-state index contributed by atoms with van der Waals surface area (Å²) in [5.41, 5.74) is 21.0. The van der Waals surface area contributed by atoms with E-state index in [2.05, 4.69) is 19.9 Å². The maximum Gasteiger partial charge on any atom is 0.253 e. The molecule has 5 rings (SSSR count). The average molecular weight is 579 g/mol. The van der Waals surface area contributed by atoms with Gasteiger partial charge in [-0.3, -0.25) is 19.6 Å². The molecule has 0 fully saturated rings. The van der Waals surface area contributed by atoms with Crippen LogP contribution < -0.4 is 17.2 Å². The van der Waals surface area contributed by atoms with Crippen molar-refractivity contribution in [3.63, 3.8) is 0 Å². The van der Waals surface area contributed by atoms with Crippen LogP contribution in [0, 0.1) is 0 Å². The van der Waals surface area contributed by atoms with E-state index in [1.807, 2.05) is 48.5 Å². The normalized spacial score (nSPS) is 11.7. The molecule has 0 spiro atoms. The van der Waals surface area contributed by atoms with E-state index in [1.165, 1.54) is 0 Å². The van der Waals surface area contributed by atoms with Gasteiger partial charge in [-0.2, -0.15) is 0 Å². The average Bonchev–Trinajstić information content (AvgIpc) is 3.65. The summed E-state index contributed by atoms with van der Waals surface area (Å²) in [4.78, 5) is 49.0. The monoisotopic (exact) mass is 578 g/mol. The lowest BCUT2D eigenvalue weighted by Gasteiger charge is -2.19. The van der Waals surface area contributed by atoms with E-state index >= 15 is 0 Å². The summed E-state index contributed by atoms with van der Waals surface area (Å²) in [5.74, 6) is 0.442. The third-order valence-corrected chi connectivity index (χ3v) is 7.15. The lowest BCUT2D eigenvalue weighted by Crippen LogP contribution is -2.29. The molecule has 7 N–H and O–H groups in total. The number of pyridine rings is 1. The number of hydrogen-bond donors (Lipinski definition) is 4. The number of guanidine groups is 1. The van der Waals surface area contributed by atoms with Crippen molar-refractivity contribution in [1.82, 2.24) is 29.4 Å². The minimum atomic E-state index is -0.750. The number of carbonyl (C=O) groups excluding carboxylic acids is 2. The summed E-state index contributed by atoms with van der Waals surface area (Å²) in [6.45, 7) is 0.850. The summed E-state index contributed by atoms with van der Waals surface area (Å²) in [6.07, 6.45) is 4.94. The van der Waals surface area contributed by atoms with Gasteiger partial charge in [-0.05, 0) is 43.2 Å². The largest absolute Gasteiger partial charge is 0.370 e. The van der Waals surface area contributed by atoms with Crippen LogP contribution in [-0.4, -0.2) is 67.3 Å². The van der Waals surface area contributed by atoms with Crippen LogP contribution in [0.2, 0.25) is 0 Å². The Morgan fingerprint density at radius 2 is 1.81 bits per heavy atom. The number of carbonyl (C=O) groups is 2. The van der Waals surface area contributed by atoms with Crippen LogP contribution in [-0.2, 0) is 11.2 Å². The number of likely N-dealkylation sites (N-methyl/N-ethyl adjacent to an activating group) is 1. The Bertz CT molecular complexity index is 1740. The van der Waals surface area contributed by atoms with E-state index in [-0.39, 0.29) is 11.9 Å². The van der Waals surface area contributed by atoms with Crippen LogP contribution in [0.5, 0.6) is 0 Å². The molecule has 5 aromatic rings. The second-order valence-corrected chi connectivity index (χ2v) is 10.2. The molecule has 2 amide bonds. The highest BCUT2D eigenvalue weighted by Gasteiger charge is 2.26. The number of aromatic nitrogens is 5. The van der Waals surface area contributed by atoms with Crippen LogP contribution in [0.1, 0.15) is 34.9 Å². The number of amides is 2. The van der Waals surface area contributed by atoms with Crippen LogP contribution >= 0.6 is 0 Å². The van der Waals surface area contributed by atoms with Gasteiger partial charge in [0.15, 0.2) is 11.8 Å². The molecule has 0 saturated heterocycles. The minimum absolute atomic E-state index is 0.0162. The molecule has 1 atom stereocenters. The van der Waals surface area contributed by atoms with Crippen LogP contribution in [0.4, 0.5) is 0 Å². The second kappa shape index (κ2) is 13.0. The first-order valence-electron chi connectivity index (χ1n) is 13.9. The number of benzene rings is 2. The number of nitrogens with two attached hydrogens (primary N) is 3. The van der Waals surface area contributed by atoms with Crippen molar-refractivity contribution in [1.29, 1.82) is 0 Å². The predicted octanol–water partition coefficient (Wildman–Crippen LogP) is 2.88. The van der Waals surface area contributed by atoms with Crippen LogP contribution in [0.25, 0.3) is 33.9 Å². The van der Waals surface area contributed by atoms with Gasteiger partial charge in [0.2, 0.25) is 5.91 Å². The maximum absolute atomic E-state index is 13.4. The lowest BCUT2D eigenvalue weighted by molar-refractivity contribution is -0.121. The first-order valence-corrected chi connectivity index (χ1v) is 13.9. The van der Waals surface area contributed by atoms with E-state index < -0.39 is 11.9 Å². The Morgan fingerprint density at radius 1 is 1.02 bits per heavy atom. The number of aromatic amines is 1. The smallest absolute Gasteiger partial charge is 0.253 e. The third-order valence-electron chi connectivity index (χ3n) is 7.15. The summed E-state index contributed by atoms with van der Waals surface area (Å²) >= 11 is 0. The molecule has 3 aromatic heterocycles. The molecule has 1 unspecified atom stereocenters. The quantitative estimate of drug-likeness (QED) is 0.0995. The van der Waals surface area contributed by atoms with Crippen molar-refractivity contribution in [3.05, 3.63) is 90.4 Å². The molecule has 0 aliphatic heterocycles. The van der Waals surface area contributed by atoms with Crippen molar-refractivity contribution < 1.29 is 9.59 Å². The highest BCUT2D eigenvalue weighted by molar-refractivity contribution is 5.98. The van der Waals surface area contributed by atoms with E-state index in [4.69, 9.17) is 22.2 Å². The fourth-order valence-electron chi connectivity index (χ4n) is 4.96. The number of nitrogens with zero attached hydrogens (tertiary/aromatic N) is 6. The molecule has 43 heavy (non-hydrogen) atoms. The summed E-state index contributed by atoms with van der Waals surface area (Å²) in [7, 11) is 1.76. The van der Waals surface area contributed by atoms with Crippen molar-refractivity contribution in [2.75, 3.05) is 20.1 Å². The summed E-state index contributed by atoms with van der Waals surface area (Å²) < 4.78 is 1.80. The van der Waals surface area contributed by atoms with Gasteiger partial charge in [0.1, 0.15) is 17.6 Å². The number of aliphatic imine (C=N–C) groups is 1. The van der Waals surface area contributed by atoms with E-state index in [0.29, 0.717) is 66.3 Å². The highest BCUT2D eigenvalue weighted by atomic mass is 16.2. The first-order chi connectivity index (χ1) is 20.8. The highest BCUT2D eigenvalue weighted by Crippen LogP contribution is 2.31. The molecular weight excluding hydrogens is 544 g/mol. The van der Waals surface area contributed by atoms with Gasteiger partial charge >= 0.3 is 0 Å². The van der Waals surface area contributed by atoms with Crippen molar-refractivity contribution >= 4 is 28.8 Å².